The van der Waals surface area contributed by atoms with Crippen LogP contribution in [-0.2, 0) is 4.79 Å². The molecule has 1 aliphatic heterocycles. The quantitative estimate of drug-likeness (QED) is 0.375. The maximum absolute atomic E-state index is 12.7. The van der Waals surface area contributed by atoms with Crippen LogP contribution in [0.15, 0.2) is 94.7 Å². The first-order chi connectivity index (χ1) is 14.2. The highest BCUT2D eigenvalue weighted by Crippen LogP contribution is 2.45. The van der Waals surface area contributed by atoms with Gasteiger partial charge in [0.1, 0.15) is 5.75 Å². The summed E-state index contributed by atoms with van der Waals surface area (Å²) in [5.41, 5.74) is 6.16. The molecular formula is C26H18O2S. The summed E-state index contributed by atoms with van der Waals surface area (Å²) in [6.07, 6.45) is 7.52. The predicted molar refractivity (Wildman–Crippen MR) is 119 cm³/mol. The van der Waals surface area contributed by atoms with Crippen molar-refractivity contribution >= 4 is 34.8 Å². The zero-order valence-electron chi connectivity index (χ0n) is 15.9. The van der Waals surface area contributed by atoms with E-state index in [9.17, 15) is 4.79 Å². The fourth-order valence-electron chi connectivity index (χ4n) is 3.78. The molecule has 0 atom stereocenters. The molecule has 0 spiro atoms. The van der Waals surface area contributed by atoms with Crippen molar-refractivity contribution in [2.75, 3.05) is 7.11 Å². The van der Waals surface area contributed by atoms with Crippen LogP contribution in [0.25, 0.3) is 17.2 Å². The maximum atomic E-state index is 12.7. The minimum Gasteiger partial charge on any atom is -0.497 e. The first-order valence-corrected chi connectivity index (χ1v) is 10.3. The second kappa shape index (κ2) is 7.26. The zero-order chi connectivity index (χ0) is 19.8. The molecule has 3 aromatic rings. The Kier molecular flexibility index (Phi) is 4.45. The van der Waals surface area contributed by atoms with Crippen LogP contribution in [0.1, 0.15) is 22.3 Å². The summed E-state index contributed by atoms with van der Waals surface area (Å²) in [7, 11) is 1.65. The van der Waals surface area contributed by atoms with Gasteiger partial charge in [0, 0.05) is 15.4 Å². The van der Waals surface area contributed by atoms with Gasteiger partial charge in [0.25, 0.3) is 0 Å². The molecule has 0 bridgehead atoms. The van der Waals surface area contributed by atoms with E-state index in [0.717, 1.165) is 22.4 Å². The highest BCUT2D eigenvalue weighted by molar-refractivity contribution is 7.99. The number of benzene rings is 3. The van der Waals surface area contributed by atoms with E-state index >= 15 is 0 Å². The molecule has 29 heavy (non-hydrogen) atoms. The topological polar surface area (TPSA) is 26.3 Å². The Bertz CT molecular complexity index is 1180. The van der Waals surface area contributed by atoms with E-state index < -0.39 is 0 Å². The van der Waals surface area contributed by atoms with E-state index in [-0.39, 0.29) is 5.78 Å². The lowest BCUT2D eigenvalue weighted by molar-refractivity contribution is -0.109. The summed E-state index contributed by atoms with van der Waals surface area (Å²) in [5, 5.41) is 0. The standard InChI is InChI=1S/C26H18O2S/c1-28-18-11-12-19-17(16-18)10-15-24(27)21(19)14-13-20-22-6-2-4-8-25(22)29-26-9-5-3-7-23(20)26/h2-16H,1H3. The Labute approximate surface area is 174 Å². The van der Waals surface area contributed by atoms with Crippen molar-refractivity contribution in [3.05, 3.63) is 107 Å². The Hall–Kier alpha value is -3.30. The largest absolute Gasteiger partial charge is 0.497 e. The normalized spacial score (nSPS) is 15.6. The van der Waals surface area contributed by atoms with Gasteiger partial charge in [-0.15, -0.1) is 0 Å². The molecule has 2 aliphatic rings. The van der Waals surface area contributed by atoms with Gasteiger partial charge in [0.05, 0.1) is 7.11 Å². The molecule has 0 aromatic heterocycles. The molecule has 0 N–H and O–H groups in total. The van der Waals surface area contributed by atoms with Crippen LogP contribution >= 0.6 is 11.8 Å². The van der Waals surface area contributed by atoms with E-state index in [4.69, 9.17) is 4.74 Å². The smallest absolute Gasteiger partial charge is 0.186 e. The number of methoxy groups -OCH3 is 1. The highest BCUT2D eigenvalue weighted by Gasteiger charge is 2.21. The third-order valence-corrected chi connectivity index (χ3v) is 6.37. The summed E-state index contributed by atoms with van der Waals surface area (Å²) < 4.78 is 5.32. The number of fused-ring (bicyclic) bond motifs is 3. The third-order valence-electron chi connectivity index (χ3n) is 5.22. The van der Waals surface area contributed by atoms with Gasteiger partial charge in [-0.3, -0.25) is 4.79 Å². The average Bonchev–Trinajstić information content (AvgIpc) is 2.77. The predicted octanol–water partition coefficient (Wildman–Crippen LogP) is 6.27. The van der Waals surface area contributed by atoms with Gasteiger partial charge in [-0.2, -0.15) is 0 Å². The lowest BCUT2D eigenvalue weighted by Gasteiger charge is -2.21. The van der Waals surface area contributed by atoms with E-state index in [1.807, 2.05) is 30.4 Å². The summed E-state index contributed by atoms with van der Waals surface area (Å²) in [4.78, 5) is 15.1. The van der Waals surface area contributed by atoms with Crippen molar-refractivity contribution in [2.24, 2.45) is 0 Å². The monoisotopic (exact) mass is 394 g/mol. The van der Waals surface area contributed by atoms with Gasteiger partial charge < -0.3 is 4.74 Å². The van der Waals surface area contributed by atoms with Crippen LogP contribution in [0.5, 0.6) is 5.75 Å². The van der Waals surface area contributed by atoms with Crippen molar-refractivity contribution in [1.29, 1.82) is 0 Å². The average molecular weight is 394 g/mol. The molecule has 0 unspecified atom stereocenters. The van der Waals surface area contributed by atoms with Crippen LogP contribution in [0.3, 0.4) is 0 Å². The number of rotatable bonds is 2. The molecular weight excluding hydrogens is 376 g/mol. The number of ether oxygens (including phenoxy) is 1. The Morgan fingerprint density at radius 2 is 1.41 bits per heavy atom. The summed E-state index contributed by atoms with van der Waals surface area (Å²) in [6.45, 7) is 0. The second-order valence-electron chi connectivity index (χ2n) is 6.91. The number of carbonyl (C=O) groups excluding carboxylic acids is 1. The number of hydrogen-bond acceptors (Lipinski definition) is 3. The number of hydrogen-bond donors (Lipinski definition) is 0. The van der Waals surface area contributed by atoms with E-state index in [1.165, 1.54) is 20.9 Å². The van der Waals surface area contributed by atoms with Crippen molar-refractivity contribution in [3.63, 3.8) is 0 Å². The molecule has 3 heteroatoms. The van der Waals surface area contributed by atoms with E-state index in [0.29, 0.717) is 5.57 Å². The van der Waals surface area contributed by atoms with Crippen LogP contribution in [0, 0.1) is 0 Å². The fourth-order valence-corrected chi connectivity index (χ4v) is 4.88. The number of ketones is 1. The van der Waals surface area contributed by atoms with Gasteiger partial charge in [-0.25, -0.2) is 0 Å². The molecule has 0 fully saturated rings. The summed E-state index contributed by atoms with van der Waals surface area (Å²) in [5.74, 6) is 0.805. The molecule has 0 saturated carbocycles. The van der Waals surface area contributed by atoms with Crippen LogP contribution < -0.4 is 4.74 Å². The third kappa shape index (κ3) is 3.14. The molecule has 0 saturated heterocycles. The van der Waals surface area contributed by atoms with Gasteiger partial charge in [0.15, 0.2) is 5.78 Å². The Morgan fingerprint density at radius 3 is 2.10 bits per heavy atom. The molecule has 1 aliphatic carbocycles. The van der Waals surface area contributed by atoms with Crippen LogP contribution in [0.2, 0.25) is 0 Å². The maximum Gasteiger partial charge on any atom is 0.186 e. The summed E-state index contributed by atoms with van der Waals surface area (Å²) in [6, 6.07) is 22.6. The van der Waals surface area contributed by atoms with Crippen LogP contribution in [0.4, 0.5) is 0 Å². The molecule has 5 rings (SSSR count). The summed E-state index contributed by atoms with van der Waals surface area (Å²) >= 11 is 1.79. The SMILES string of the molecule is COc1ccc2c(c1)C=CC(=O)C2=CC=C1c2ccccc2Sc2ccccc21. The first kappa shape index (κ1) is 17.8. The fraction of sp³-hybridized carbons (Fsp3) is 0.0385. The Balaban J connectivity index is 1.66. The molecule has 0 amide bonds. The van der Waals surface area contributed by atoms with Gasteiger partial charge in [-0.05, 0) is 70.3 Å². The lowest BCUT2D eigenvalue weighted by Crippen LogP contribution is -2.05. The molecule has 3 aromatic carbocycles. The van der Waals surface area contributed by atoms with Crippen molar-refractivity contribution < 1.29 is 9.53 Å². The molecule has 1 heterocycles. The molecule has 140 valence electrons. The highest BCUT2D eigenvalue weighted by atomic mass is 32.2. The van der Waals surface area contributed by atoms with E-state index in [2.05, 4.69) is 54.6 Å². The van der Waals surface area contributed by atoms with Crippen LogP contribution in [-0.4, -0.2) is 12.9 Å². The minimum atomic E-state index is 0.0197. The van der Waals surface area contributed by atoms with Gasteiger partial charge in [-0.1, -0.05) is 60.3 Å². The van der Waals surface area contributed by atoms with Crippen molar-refractivity contribution in [2.45, 2.75) is 9.79 Å². The minimum absolute atomic E-state index is 0.0197. The number of allylic oxidation sites excluding steroid dienone is 4. The molecule has 0 radical (unpaired) electrons. The lowest BCUT2D eigenvalue weighted by atomic mass is 9.89. The zero-order valence-corrected chi connectivity index (χ0v) is 16.7. The van der Waals surface area contributed by atoms with E-state index in [1.54, 1.807) is 24.9 Å². The first-order valence-electron chi connectivity index (χ1n) is 9.44. The van der Waals surface area contributed by atoms with Crippen molar-refractivity contribution in [3.8, 4) is 5.75 Å². The van der Waals surface area contributed by atoms with Gasteiger partial charge in [0.2, 0.25) is 0 Å². The number of carbonyl (C=O) groups is 1. The molecule has 2 nitrogen and oxygen atoms in total. The van der Waals surface area contributed by atoms with Gasteiger partial charge >= 0.3 is 0 Å². The van der Waals surface area contributed by atoms with Crippen molar-refractivity contribution in [1.82, 2.24) is 0 Å². The second-order valence-corrected chi connectivity index (χ2v) is 7.99. The Morgan fingerprint density at radius 1 is 0.759 bits per heavy atom.